The number of carbonyl (C=O) groups is 1. The van der Waals surface area contributed by atoms with Gasteiger partial charge in [0.15, 0.2) is 0 Å². The molecule has 2 fully saturated rings. The van der Waals surface area contributed by atoms with E-state index >= 15 is 0 Å². The molecule has 0 amide bonds. The lowest BCUT2D eigenvalue weighted by Gasteiger charge is -2.26. The molecule has 136 valence electrons. The van der Waals surface area contributed by atoms with Crippen LogP contribution < -0.4 is 0 Å². The molecule has 1 spiro atoms. The summed E-state index contributed by atoms with van der Waals surface area (Å²) >= 11 is 0. The van der Waals surface area contributed by atoms with Crippen molar-refractivity contribution in [3.8, 4) is 0 Å². The van der Waals surface area contributed by atoms with Crippen molar-refractivity contribution >= 4 is 5.97 Å². The number of benzene rings is 2. The van der Waals surface area contributed by atoms with Gasteiger partial charge < -0.3 is 14.9 Å². The monoisotopic (exact) mass is 353 g/mol. The predicted octanol–water partition coefficient (Wildman–Crippen LogP) is 2.50. The van der Waals surface area contributed by atoms with Crippen molar-refractivity contribution in [1.82, 2.24) is 4.90 Å². The van der Waals surface area contributed by atoms with Crippen LogP contribution in [0.1, 0.15) is 33.8 Å². The maximum Gasteiger partial charge on any atom is 0.336 e. The highest BCUT2D eigenvalue weighted by Gasteiger charge is 2.52. The van der Waals surface area contributed by atoms with Crippen molar-refractivity contribution < 1.29 is 19.7 Å². The second-order valence-corrected chi connectivity index (χ2v) is 7.34. The highest BCUT2D eigenvalue weighted by molar-refractivity contribution is 5.89. The zero-order valence-corrected chi connectivity index (χ0v) is 14.5. The number of aliphatic hydroxyl groups excluding tert-OH is 1. The SMILES string of the molecule is O=C(O)c1ccccc1CN1C[C@@H](O)[C@@]2(C[C@@H](c3ccccc3)CO2)C1. The summed E-state index contributed by atoms with van der Waals surface area (Å²) < 4.78 is 6.12. The molecule has 5 nitrogen and oxygen atoms in total. The highest BCUT2D eigenvalue weighted by Crippen LogP contribution is 2.42. The number of β-amino-alcohol motifs (C(OH)–C–C–N with tert-alkyl or cyclic N) is 1. The van der Waals surface area contributed by atoms with E-state index in [9.17, 15) is 15.0 Å². The molecule has 2 saturated heterocycles. The predicted molar refractivity (Wildman–Crippen MR) is 97.2 cm³/mol. The van der Waals surface area contributed by atoms with Gasteiger partial charge in [-0.05, 0) is 23.6 Å². The van der Waals surface area contributed by atoms with E-state index < -0.39 is 17.7 Å². The van der Waals surface area contributed by atoms with Crippen molar-refractivity contribution in [2.24, 2.45) is 0 Å². The van der Waals surface area contributed by atoms with Crippen LogP contribution in [0.5, 0.6) is 0 Å². The van der Waals surface area contributed by atoms with E-state index in [1.807, 2.05) is 30.3 Å². The Bertz CT molecular complexity index is 794. The zero-order valence-electron chi connectivity index (χ0n) is 14.5. The summed E-state index contributed by atoms with van der Waals surface area (Å²) in [6.07, 6.45) is 0.225. The lowest BCUT2D eigenvalue weighted by Crippen LogP contribution is -2.41. The molecule has 3 atom stereocenters. The van der Waals surface area contributed by atoms with Gasteiger partial charge in [-0.1, -0.05) is 48.5 Å². The van der Waals surface area contributed by atoms with E-state index in [4.69, 9.17) is 4.74 Å². The number of rotatable bonds is 4. The number of carboxylic acid groups (broad SMARTS) is 1. The highest BCUT2D eigenvalue weighted by atomic mass is 16.5. The van der Waals surface area contributed by atoms with E-state index in [2.05, 4.69) is 17.0 Å². The standard InChI is InChI=1S/C21H23NO4/c23-19-12-22(11-16-8-4-5-9-18(16)20(24)25)14-21(19)10-17(13-26-21)15-6-2-1-3-7-15/h1-9,17,19,23H,10-14H2,(H,24,25)/t17-,19-,21-/m1/s1. The van der Waals surface area contributed by atoms with Crippen molar-refractivity contribution in [3.63, 3.8) is 0 Å². The number of hydrogen-bond donors (Lipinski definition) is 2. The number of aromatic carboxylic acids is 1. The second kappa shape index (κ2) is 6.83. The summed E-state index contributed by atoms with van der Waals surface area (Å²) in [7, 11) is 0. The van der Waals surface area contributed by atoms with Gasteiger partial charge in [0.05, 0.1) is 18.3 Å². The smallest absolute Gasteiger partial charge is 0.336 e. The van der Waals surface area contributed by atoms with Gasteiger partial charge in [-0.3, -0.25) is 4.90 Å². The summed E-state index contributed by atoms with van der Waals surface area (Å²) in [4.78, 5) is 13.5. The molecule has 5 heteroatoms. The fourth-order valence-corrected chi connectivity index (χ4v) is 4.27. The topological polar surface area (TPSA) is 70.0 Å². The zero-order chi connectivity index (χ0) is 18.1. The maximum atomic E-state index is 11.4. The average Bonchev–Trinajstić information content (AvgIpc) is 3.20. The first-order valence-electron chi connectivity index (χ1n) is 8.98. The van der Waals surface area contributed by atoms with Crippen LogP contribution >= 0.6 is 0 Å². The van der Waals surface area contributed by atoms with Gasteiger partial charge in [-0.25, -0.2) is 4.79 Å². The maximum absolute atomic E-state index is 11.4. The van der Waals surface area contributed by atoms with Crippen LogP contribution in [0.15, 0.2) is 54.6 Å². The fraction of sp³-hybridized carbons (Fsp3) is 0.381. The largest absolute Gasteiger partial charge is 0.478 e. The van der Waals surface area contributed by atoms with Crippen LogP contribution in [0.25, 0.3) is 0 Å². The molecule has 2 aliphatic heterocycles. The fourth-order valence-electron chi connectivity index (χ4n) is 4.27. The average molecular weight is 353 g/mol. The van der Waals surface area contributed by atoms with Gasteiger partial charge >= 0.3 is 5.97 Å². The summed E-state index contributed by atoms with van der Waals surface area (Å²) in [6.45, 7) is 2.22. The summed E-state index contributed by atoms with van der Waals surface area (Å²) in [5.41, 5.74) is 1.77. The Labute approximate surface area is 152 Å². The number of carboxylic acids is 1. The molecule has 0 saturated carbocycles. The minimum atomic E-state index is -0.920. The number of aliphatic hydroxyl groups is 1. The van der Waals surface area contributed by atoms with Crippen LogP contribution in [0, 0.1) is 0 Å². The second-order valence-electron chi connectivity index (χ2n) is 7.34. The first-order valence-corrected chi connectivity index (χ1v) is 8.98. The Morgan fingerprint density at radius 2 is 1.88 bits per heavy atom. The molecule has 2 aliphatic rings. The van der Waals surface area contributed by atoms with Crippen molar-refractivity contribution in [3.05, 3.63) is 71.3 Å². The van der Waals surface area contributed by atoms with E-state index in [-0.39, 0.29) is 5.92 Å². The van der Waals surface area contributed by atoms with Crippen LogP contribution in [-0.2, 0) is 11.3 Å². The van der Waals surface area contributed by atoms with Gasteiger partial charge in [-0.2, -0.15) is 0 Å². The molecule has 0 aliphatic carbocycles. The number of hydrogen-bond acceptors (Lipinski definition) is 4. The third-order valence-electron chi connectivity index (χ3n) is 5.61. The Kier molecular flexibility index (Phi) is 4.53. The number of nitrogens with zero attached hydrogens (tertiary/aromatic N) is 1. The molecule has 2 aromatic rings. The molecule has 0 radical (unpaired) electrons. The molecule has 2 heterocycles. The molecule has 2 aromatic carbocycles. The Hall–Kier alpha value is -2.21. The minimum Gasteiger partial charge on any atom is -0.478 e. The first-order chi connectivity index (χ1) is 12.6. The summed E-state index contributed by atoms with van der Waals surface area (Å²) in [5.74, 6) is -0.631. The minimum absolute atomic E-state index is 0.289. The molecule has 0 aromatic heterocycles. The van der Waals surface area contributed by atoms with Gasteiger partial charge in [0.2, 0.25) is 0 Å². The Morgan fingerprint density at radius 1 is 1.15 bits per heavy atom. The lowest BCUT2D eigenvalue weighted by atomic mass is 9.87. The lowest BCUT2D eigenvalue weighted by molar-refractivity contribution is -0.0594. The normalized spacial score (nSPS) is 28.7. The van der Waals surface area contributed by atoms with E-state index in [1.54, 1.807) is 12.1 Å². The molecular weight excluding hydrogens is 330 g/mol. The van der Waals surface area contributed by atoms with Gasteiger partial charge in [0.1, 0.15) is 5.60 Å². The van der Waals surface area contributed by atoms with Crippen LogP contribution in [-0.4, -0.2) is 52.5 Å². The van der Waals surface area contributed by atoms with Crippen molar-refractivity contribution in [2.75, 3.05) is 19.7 Å². The van der Waals surface area contributed by atoms with Crippen LogP contribution in [0.3, 0.4) is 0 Å². The van der Waals surface area contributed by atoms with E-state index in [1.165, 1.54) is 5.56 Å². The first kappa shape index (κ1) is 17.2. The Balaban J connectivity index is 1.48. The van der Waals surface area contributed by atoms with Crippen molar-refractivity contribution in [1.29, 1.82) is 0 Å². The molecule has 0 unspecified atom stereocenters. The third kappa shape index (κ3) is 3.14. The van der Waals surface area contributed by atoms with E-state index in [0.29, 0.717) is 31.8 Å². The molecule has 4 rings (SSSR count). The third-order valence-corrected chi connectivity index (χ3v) is 5.61. The Morgan fingerprint density at radius 3 is 2.65 bits per heavy atom. The molecule has 0 bridgehead atoms. The van der Waals surface area contributed by atoms with Crippen LogP contribution in [0.2, 0.25) is 0 Å². The van der Waals surface area contributed by atoms with Crippen LogP contribution in [0.4, 0.5) is 0 Å². The van der Waals surface area contributed by atoms with Gasteiger partial charge in [-0.15, -0.1) is 0 Å². The van der Waals surface area contributed by atoms with Gasteiger partial charge in [0.25, 0.3) is 0 Å². The quantitative estimate of drug-likeness (QED) is 0.884. The summed E-state index contributed by atoms with van der Waals surface area (Å²) in [5, 5.41) is 20.1. The molecular formula is C21H23NO4. The molecule has 2 N–H and O–H groups in total. The van der Waals surface area contributed by atoms with Gasteiger partial charge in [0, 0.05) is 25.6 Å². The number of ether oxygens (including phenoxy) is 1. The van der Waals surface area contributed by atoms with Crippen molar-refractivity contribution in [2.45, 2.75) is 30.6 Å². The van der Waals surface area contributed by atoms with E-state index in [0.717, 1.165) is 12.0 Å². The number of likely N-dealkylation sites (tertiary alicyclic amines) is 1. The summed E-state index contributed by atoms with van der Waals surface area (Å²) in [6, 6.07) is 17.3. The molecule has 26 heavy (non-hydrogen) atoms.